The highest BCUT2D eigenvalue weighted by atomic mass is 16.3. The topological polar surface area (TPSA) is 16.4 Å². The summed E-state index contributed by atoms with van der Waals surface area (Å²) in [6, 6.07) is 90.3. The number of hydrogen-bond acceptors (Lipinski definition) is 2. The first-order chi connectivity index (χ1) is 31.3. The van der Waals surface area contributed by atoms with E-state index in [2.05, 4.69) is 248 Å². The third-order valence-electron chi connectivity index (χ3n) is 13.0. The van der Waals surface area contributed by atoms with E-state index in [-0.39, 0.29) is 0 Å². The first-order valence-corrected chi connectivity index (χ1v) is 21.7. The van der Waals surface area contributed by atoms with Gasteiger partial charge in [-0.1, -0.05) is 218 Å². The normalized spacial score (nSPS) is 12.6. The van der Waals surface area contributed by atoms with Crippen molar-refractivity contribution in [1.82, 2.24) is 0 Å². The van der Waals surface area contributed by atoms with Crippen molar-refractivity contribution in [2.75, 3.05) is 4.90 Å². The summed E-state index contributed by atoms with van der Waals surface area (Å²) in [6.07, 6.45) is 0. The molecule has 0 bridgehead atoms. The second-order valence-electron chi connectivity index (χ2n) is 16.4. The fourth-order valence-corrected chi connectivity index (χ4v) is 10.1. The van der Waals surface area contributed by atoms with Gasteiger partial charge >= 0.3 is 0 Å². The largest absolute Gasteiger partial charge is 0.454 e. The van der Waals surface area contributed by atoms with Crippen molar-refractivity contribution in [2.45, 2.75) is 5.41 Å². The predicted octanol–water partition coefficient (Wildman–Crippen LogP) is 16.4. The number of anilines is 3. The van der Waals surface area contributed by atoms with E-state index in [9.17, 15) is 0 Å². The summed E-state index contributed by atoms with van der Waals surface area (Å²) >= 11 is 0. The fourth-order valence-electron chi connectivity index (χ4n) is 10.1. The molecule has 1 aromatic heterocycles. The minimum atomic E-state index is -0.566. The molecule has 2 nitrogen and oxygen atoms in total. The van der Waals surface area contributed by atoms with Gasteiger partial charge in [0.25, 0.3) is 0 Å². The van der Waals surface area contributed by atoms with Crippen LogP contribution in [0, 0.1) is 0 Å². The second kappa shape index (κ2) is 15.1. The number of benzene rings is 10. The Morgan fingerprint density at radius 3 is 1.56 bits per heavy atom. The summed E-state index contributed by atoms with van der Waals surface area (Å²) in [7, 11) is 0. The molecule has 12 rings (SSSR count). The van der Waals surface area contributed by atoms with Crippen LogP contribution in [0.1, 0.15) is 22.3 Å². The maximum absolute atomic E-state index is 6.91. The van der Waals surface area contributed by atoms with Crippen LogP contribution in [0.25, 0.3) is 66.4 Å². The molecule has 0 atom stereocenters. The summed E-state index contributed by atoms with van der Waals surface area (Å²) in [6.45, 7) is 0. The molecular formula is C61H41NO. The summed E-state index contributed by atoms with van der Waals surface area (Å²) in [4.78, 5) is 2.45. The van der Waals surface area contributed by atoms with Crippen LogP contribution in [0.15, 0.2) is 253 Å². The molecular weight excluding hydrogens is 763 g/mol. The van der Waals surface area contributed by atoms with Gasteiger partial charge in [-0.25, -0.2) is 0 Å². The van der Waals surface area contributed by atoms with Crippen LogP contribution in [0.4, 0.5) is 17.1 Å². The van der Waals surface area contributed by atoms with E-state index < -0.39 is 5.41 Å². The highest BCUT2D eigenvalue weighted by Crippen LogP contribution is 2.58. The van der Waals surface area contributed by atoms with Gasteiger partial charge < -0.3 is 9.32 Å². The van der Waals surface area contributed by atoms with E-state index in [1.807, 2.05) is 6.07 Å². The van der Waals surface area contributed by atoms with Gasteiger partial charge in [0.15, 0.2) is 5.58 Å². The van der Waals surface area contributed by atoms with Crippen molar-refractivity contribution in [3.05, 3.63) is 271 Å². The lowest BCUT2D eigenvalue weighted by Gasteiger charge is -2.35. The lowest BCUT2D eigenvalue weighted by molar-refractivity contribution is 0.669. The van der Waals surface area contributed by atoms with Crippen LogP contribution in [-0.4, -0.2) is 0 Å². The molecule has 1 aliphatic carbocycles. The molecule has 1 aliphatic rings. The van der Waals surface area contributed by atoms with Crippen LogP contribution >= 0.6 is 0 Å². The van der Waals surface area contributed by atoms with Crippen molar-refractivity contribution in [2.24, 2.45) is 0 Å². The highest BCUT2D eigenvalue weighted by Gasteiger charge is 2.46. The standard InChI is InChI=1S/C61H41NO/c1-5-18-42(19-6-1)44-32-34-45(35-33-44)50-38-36-46(43-20-7-2-8-21-43)40-58(50)62(57-30-17-28-54-53-27-14-16-31-59(53)63-60(54)57)49-37-39-52-51-26-13-15-29-55(51)61(56(52)41-49,47-22-9-3-10-23-47)48-24-11-4-12-25-48/h1-41H. The van der Waals surface area contributed by atoms with E-state index in [1.54, 1.807) is 0 Å². The van der Waals surface area contributed by atoms with E-state index >= 15 is 0 Å². The Morgan fingerprint density at radius 1 is 0.317 bits per heavy atom. The Bertz CT molecular complexity index is 3390. The molecule has 10 aromatic carbocycles. The van der Waals surface area contributed by atoms with Gasteiger partial charge in [0.1, 0.15) is 5.58 Å². The van der Waals surface area contributed by atoms with Crippen molar-refractivity contribution in [1.29, 1.82) is 0 Å². The molecule has 0 amide bonds. The Morgan fingerprint density at radius 2 is 0.841 bits per heavy atom. The third-order valence-corrected chi connectivity index (χ3v) is 13.0. The Hall–Kier alpha value is -8.20. The minimum Gasteiger partial charge on any atom is -0.454 e. The number of para-hydroxylation sites is 2. The molecule has 0 spiro atoms. The van der Waals surface area contributed by atoms with Gasteiger partial charge in [0, 0.05) is 22.0 Å². The van der Waals surface area contributed by atoms with Crippen LogP contribution in [0.5, 0.6) is 0 Å². The average Bonchev–Trinajstić information content (AvgIpc) is 3.90. The zero-order chi connectivity index (χ0) is 41.7. The summed E-state index contributed by atoms with van der Waals surface area (Å²) in [5, 5.41) is 2.18. The molecule has 0 fully saturated rings. The first kappa shape index (κ1) is 36.6. The maximum Gasteiger partial charge on any atom is 0.159 e. The van der Waals surface area contributed by atoms with Crippen molar-refractivity contribution in [3.8, 4) is 44.5 Å². The van der Waals surface area contributed by atoms with Gasteiger partial charge in [-0.2, -0.15) is 0 Å². The van der Waals surface area contributed by atoms with Crippen LogP contribution in [0.3, 0.4) is 0 Å². The Kier molecular flexibility index (Phi) is 8.76. The van der Waals surface area contributed by atoms with Gasteiger partial charge in [0.2, 0.25) is 0 Å². The lowest BCUT2D eigenvalue weighted by Crippen LogP contribution is -2.28. The first-order valence-electron chi connectivity index (χ1n) is 21.7. The SMILES string of the molecule is c1ccc(-c2ccc(-c3ccc(-c4ccccc4)cc3N(c3ccc4c(c3)C(c3ccccc3)(c3ccccc3)c3ccccc3-4)c3cccc4c3oc3ccccc34)cc2)cc1. The van der Waals surface area contributed by atoms with E-state index in [0.717, 1.165) is 61.3 Å². The van der Waals surface area contributed by atoms with Crippen molar-refractivity contribution in [3.63, 3.8) is 0 Å². The smallest absolute Gasteiger partial charge is 0.159 e. The van der Waals surface area contributed by atoms with Gasteiger partial charge in [-0.15, -0.1) is 0 Å². The minimum absolute atomic E-state index is 0.566. The average molecular weight is 804 g/mol. The summed E-state index contributed by atoms with van der Waals surface area (Å²) in [5.41, 5.74) is 18.6. The molecule has 0 aliphatic heterocycles. The Labute approximate surface area is 367 Å². The Balaban J connectivity index is 1.16. The van der Waals surface area contributed by atoms with Gasteiger partial charge in [0.05, 0.1) is 16.8 Å². The zero-order valence-corrected chi connectivity index (χ0v) is 34.5. The lowest BCUT2D eigenvalue weighted by atomic mass is 9.67. The number of hydrogen-bond donors (Lipinski definition) is 0. The molecule has 1 heterocycles. The fraction of sp³-hybridized carbons (Fsp3) is 0.0164. The predicted molar refractivity (Wildman–Crippen MR) is 262 cm³/mol. The number of furan rings is 1. The van der Waals surface area contributed by atoms with Gasteiger partial charge in [-0.05, 0) is 91.5 Å². The summed E-state index contributed by atoms with van der Waals surface area (Å²) in [5.74, 6) is 0. The van der Waals surface area contributed by atoms with Crippen LogP contribution in [0.2, 0.25) is 0 Å². The van der Waals surface area contributed by atoms with E-state index in [1.165, 1.54) is 44.5 Å². The molecule has 0 saturated carbocycles. The van der Waals surface area contributed by atoms with Crippen LogP contribution in [-0.2, 0) is 5.41 Å². The molecule has 0 N–H and O–H groups in total. The number of rotatable bonds is 8. The van der Waals surface area contributed by atoms with Gasteiger partial charge in [-0.3, -0.25) is 0 Å². The summed E-state index contributed by atoms with van der Waals surface area (Å²) < 4.78 is 6.91. The zero-order valence-electron chi connectivity index (χ0n) is 34.5. The molecule has 296 valence electrons. The van der Waals surface area contributed by atoms with Crippen LogP contribution < -0.4 is 4.90 Å². The molecule has 0 unspecified atom stereocenters. The monoisotopic (exact) mass is 803 g/mol. The molecule has 11 aromatic rings. The van der Waals surface area contributed by atoms with Crippen molar-refractivity contribution >= 4 is 39.0 Å². The van der Waals surface area contributed by atoms with E-state index in [0.29, 0.717) is 0 Å². The number of fused-ring (bicyclic) bond motifs is 6. The second-order valence-corrected chi connectivity index (χ2v) is 16.4. The van der Waals surface area contributed by atoms with E-state index in [4.69, 9.17) is 4.42 Å². The molecule has 0 saturated heterocycles. The maximum atomic E-state index is 6.91. The quantitative estimate of drug-likeness (QED) is 0.152. The third kappa shape index (κ3) is 5.95. The molecule has 2 heteroatoms. The molecule has 0 radical (unpaired) electrons. The number of nitrogens with zero attached hydrogens (tertiary/aromatic N) is 1. The highest BCUT2D eigenvalue weighted by molar-refractivity contribution is 6.11. The molecule has 63 heavy (non-hydrogen) atoms. The van der Waals surface area contributed by atoms with Crippen molar-refractivity contribution < 1.29 is 4.42 Å².